The highest BCUT2D eigenvalue weighted by atomic mass is 32.1. The minimum absolute atomic E-state index is 0.166. The van der Waals surface area contributed by atoms with E-state index in [0.29, 0.717) is 16.3 Å². The minimum atomic E-state index is -0.400. The van der Waals surface area contributed by atoms with Crippen LogP contribution < -0.4 is 10.1 Å². The van der Waals surface area contributed by atoms with E-state index in [9.17, 15) is 9.59 Å². The molecular weight excluding hydrogens is 474 g/mol. The van der Waals surface area contributed by atoms with E-state index in [4.69, 9.17) is 13.9 Å². The number of benzene rings is 2. The summed E-state index contributed by atoms with van der Waals surface area (Å²) in [5.74, 6) is 0.658. The van der Waals surface area contributed by atoms with Gasteiger partial charge in [0.2, 0.25) is 0 Å². The Kier molecular flexibility index (Phi) is 7.09. The van der Waals surface area contributed by atoms with Crippen molar-refractivity contribution in [1.29, 1.82) is 0 Å². The van der Waals surface area contributed by atoms with Crippen molar-refractivity contribution in [2.75, 3.05) is 5.32 Å². The van der Waals surface area contributed by atoms with Crippen molar-refractivity contribution in [3.63, 3.8) is 0 Å². The average molecular weight is 504 g/mol. The molecule has 1 N–H and O–H groups in total. The standard InChI is InChI=1S/C29H29NO5S/c1-3-18(2)34-29(32)26-23-10-6-7-11-25(23)36-28(26)30-27(31)24-15-14-22(35-24)17-33-21-13-12-19-8-4-5-9-20(19)16-21/h4-5,8-9,12-16,18H,3,6-7,10-11,17H2,1-2H3,(H,30,31). The van der Waals surface area contributed by atoms with Crippen LogP contribution >= 0.6 is 11.3 Å². The lowest BCUT2D eigenvalue weighted by molar-refractivity contribution is 0.0335. The van der Waals surface area contributed by atoms with Gasteiger partial charge in [0.25, 0.3) is 5.91 Å². The Morgan fingerprint density at radius 3 is 2.69 bits per heavy atom. The Hall–Kier alpha value is -3.58. The lowest BCUT2D eigenvalue weighted by Crippen LogP contribution is -2.18. The summed E-state index contributed by atoms with van der Waals surface area (Å²) in [6.45, 7) is 4.05. The zero-order chi connectivity index (χ0) is 25.1. The molecule has 4 aromatic rings. The Morgan fingerprint density at radius 2 is 1.86 bits per heavy atom. The predicted octanol–water partition coefficient (Wildman–Crippen LogP) is 7.16. The molecule has 2 aromatic carbocycles. The number of thiophene rings is 1. The third-order valence-corrected chi connectivity index (χ3v) is 7.68. The molecule has 2 aromatic heterocycles. The number of amides is 1. The van der Waals surface area contributed by atoms with Gasteiger partial charge in [0.05, 0.1) is 11.7 Å². The first-order valence-corrected chi connectivity index (χ1v) is 13.2. The maximum absolute atomic E-state index is 13.0. The largest absolute Gasteiger partial charge is 0.486 e. The quantitative estimate of drug-likeness (QED) is 0.258. The first kappa shape index (κ1) is 24.1. The van der Waals surface area contributed by atoms with Crippen molar-refractivity contribution in [3.05, 3.63) is 82.1 Å². The maximum Gasteiger partial charge on any atom is 0.341 e. The first-order valence-electron chi connectivity index (χ1n) is 12.4. The smallest absolute Gasteiger partial charge is 0.341 e. The Labute approximate surface area is 214 Å². The number of esters is 1. The van der Waals surface area contributed by atoms with Gasteiger partial charge in [-0.1, -0.05) is 37.3 Å². The number of furan rings is 1. The van der Waals surface area contributed by atoms with Gasteiger partial charge in [-0.25, -0.2) is 4.79 Å². The summed E-state index contributed by atoms with van der Waals surface area (Å²) in [4.78, 5) is 27.2. The number of rotatable bonds is 8. The van der Waals surface area contributed by atoms with Crippen LogP contribution in [0.2, 0.25) is 0 Å². The fraction of sp³-hybridized carbons (Fsp3) is 0.310. The van der Waals surface area contributed by atoms with E-state index in [2.05, 4.69) is 11.4 Å². The minimum Gasteiger partial charge on any atom is -0.486 e. The fourth-order valence-corrected chi connectivity index (χ4v) is 5.62. The van der Waals surface area contributed by atoms with Crippen LogP contribution in [0.4, 0.5) is 5.00 Å². The third kappa shape index (κ3) is 5.16. The monoisotopic (exact) mass is 503 g/mol. The van der Waals surface area contributed by atoms with Crippen LogP contribution in [-0.2, 0) is 24.2 Å². The summed E-state index contributed by atoms with van der Waals surface area (Å²) in [6, 6.07) is 17.3. The number of carbonyl (C=O) groups excluding carboxylic acids is 2. The molecule has 186 valence electrons. The van der Waals surface area contributed by atoms with Crippen molar-refractivity contribution in [2.24, 2.45) is 0 Å². The Morgan fingerprint density at radius 1 is 1.06 bits per heavy atom. The van der Waals surface area contributed by atoms with Crippen LogP contribution in [0.1, 0.15) is 70.2 Å². The summed E-state index contributed by atoms with van der Waals surface area (Å²) < 4.78 is 17.3. The summed E-state index contributed by atoms with van der Waals surface area (Å²) in [5.41, 5.74) is 1.51. The van der Waals surface area contributed by atoms with Crippen molar-refractivity contribution in [3.8, 4) is 5.75 Å². The fourth-order valence-electron chi connectivity index (χ4n) is 4.35. The van der Waals surface area contributed by atoms with Gasteiger partial charge < -0.3 is 19.2 Å². The molecule has 7 heteroatoms. The zero-order valence-corrected chi connectivity index (χ0v) is 21.3. The van der Waals surface area contributed by atoms with E-state index in [1.54, 1.807) is 12.1 Å². The van der Waals surface area contributed by atoms with Crippen LogP contribution in [0.15, 0.2) is 59.0 Å². The number of ether oxygens (including phenoxy) is 2. The highest BCUT2D eigenvalue weighted by Crippen LogP contribution is 2.39. The van der Waals surface area contributed by atoms with Gasteiger partial charge in [-0.2, -0.15) is 0 Å². The lowest BCUT2D eigenvalue weighted by atomic mass is 9.95. The molecule has 5 rings (SSSR count). The average Bonchev–Trinajstić information content (AvgIpc) is 3.52. The van der Waals surface area contributed by atoms with Crippen LogP contribution in [0, 0.1) is 0 Å². The number of carbonyl (C=O) groups is 2. The second-order valence-electron chi connectivity index (χ2n) is 9.06. The predicted molar refractivity (Wildman–Crippen MR) is 141 cm³/mol. The van der Waals surface area contributed by atoms with Crippen molar-refractivity contribution < 1.29 is 23.5 Å². The normalized spacial score (nSPS) is 13.7. The number of fused-ring (bicyclic) bond motifs is 2. The zero-order valence-electron chi connectivity index (χ0n) is 20.5. The van der Waals surface area contributed by atoms with Gasteiger partial charge in [0.15, 0.2) is 5.76 Å². The van der Waals surface area contributed by atoms with E-state index < -0.39 is 5.91 Å². The number of aryl methyl sites for hydroxylation is 1. The number of nitrogens with one attached hydrogen (secondary N) is 1. The van der Waals surface area contributed by atoms with Crippen molar-refractivity contribution in [1.82, 2.24) is 0 Å². The molecular formula is C29H29NO5S. The molecule has 1 unspecified atom stereocenters. The topological polar surface area (TPSA) is 77.8 Å². The molecule has 0 saturated carbocycles. The Bertz CT molecular complexity index is 1400. The summed E-state index contributed by atoms with van der Waals surface area (Å²) in [6.07, 6.45) is 4.39. The molecule has 2 heterocycles. The first-order chi connectivity index (χ1) is 17.5. The number of hydrogen-bond acceptors (Lipinski definition) is 6. The lowest BCUT2D eigenvalue weighted by Gasteiger charge is -2.15. The van der Waals surface area contributed by atoms with E-state index >= 15 is 0 Å². The van der Waals surface area contributed by atoms with Crippen molar-refractivity contribution in [2.45, 2.75) is 58.7 Å². The van der Waals surface area contributed by atoms with Gasteiger partial charge >= 0.3 is 5.97 Å². The molecule has 1 aliphatic carbocycles. The SMILES string of the molecule is CCC(C)OC(=O)c1c(NC(=O)c2ccc(COc3ccc4ccccc4c3)o2)sc2c1CCCC2. The van der Waals surface area contributed by atoms with E-state index in [1.165, 1.54) is 11.3 Å². The van der Waals surface area contributed by atoms with E-state index in [0.717, 1.165) is 59.1 Å². The van der Waals surface area contributed by atoms with Gasteiger partial charge in [0.1, 0.15) is 23.1 Å². The van der Waals surface area contributed by atoms with Crippen LogP contribution in [0.25, 0.3) is 10.8 Å². The van der Waals surface area contributed by atoms with Gasteiger partial charge in [-0.3, -0.25) is 4.79 Å². The number of anilines is 1. The second-order valence-corrected chi connectivity index (χ2v) is 10.2. The molecule has 0 fully saturated rings. The van der Waals surface area contributed by atoms with Crippen LogP contribution in [0.3, 0.4) is 0 Å². The molecule has 1 amide bonds. The highest BCUT2D eigenvalue weighted by Gasteiger charge is 2.28. The molecule has 36 heavy (non-hydrogen) atoms. The molecule has 0 aliphatic heterocycles. The molecule has 0 radical (unpaired) electrons. The second kappa shape index (κ2) is 10.6. The summed E-state index contributed by atoms with van der Waals surface area (Å²) in [5, 5.41) is 5.68. The molecule has 0 spiro atoms. The van der Waals surface area contributed by atoms with Gasteiger partial charge in [0, 0.05) is 4.88 Å². The van der Waals surface area contributed by atoms with Gasteiger partial charge in [-0.05, 0) is 79.6 Å². The summed E-state index contributed by atoms with van der Waals surface area (Å²) in [7, 11) is 0. The third-order valence-electron chi connectivity index (χ3n) is 6.47. The molecule has 1 atom stereocenters. The van der Waals surface area contributed by atoms with E-state index in [1.807, 2.05) is 50.2 Å². The van der Waals surface area contributed by atoms with Gasteiger partial charge in [-0.15, -0.1) is 11.3 Å². The number of hydrogen-bond donors (Lipinski definition) is 1. The van der Waals surface area contributed by atoms with E-state index in [-0.39, 0.29) is 24.4 Å². The molecule has 0 bridgehead atoms. The molecule has 0 saturated heterocycles. The van der Waals surface area contributed by atoms with Crippen LogP contribution in [0.5, 0.6) is 5.75 Å². The molecule has 6 nitrogen and oxygen atoms in total. The summed E-state index contributed by atoms with van der Waals surface area (Å²) >= 11 is 1.46. The van der Waals surface area contributed by atoms with Crippen LogP contribution in [-0.4, -0.2) is 18.0 Å². The highest BCUT2D eigenvalue weighted by molar-refractivity contribution is 7.17. The Balaban J connectivity index is 1.29. The van der Waals surface area contributed by atoms with Crippen molar-refractivity contribution >= 4 is 39.0 Å². The maximum atomic E-state index is 13.0. The molecule has 1 aliphatic rings.